The number of urea groups is 1. The van der Waals surface area contributed by atoms with E-state index in [1.165, 1.54) is 24.2 Å². The predicted octanol–water partition coefficient (Wildman–Crippen LogP) is 2.29. The van der Waals surface area contributed by atoms with Crippen LogP contribution < -0.4 is 16.2 Å². The third-order valence-electron chi connectivity index (χ3n) is 5.27. The van der Waals surface area contributed by atoms with Gasteiger partial charge in [-0.2, -0.15) is 0 Å². The standard InChI is InChI=1S/C21H29N5O3/c1-26(14-18-24-17-11-6-5-10-16(17)20(28)25-18)19(27)12-7-13-22-21(29)23-15-8-3-2-4-9-15/h5-6,10-11,15H,2-4,7-9,12-14H2,1H3,(H2,22,23,29)(H,24,25,28). The fraction of sp³-hybridized carbons (Fsp3) is 0.524. The van der Waals surface area contributed by atoms with Crippen LogP contribution in [-0.4, -0.2) is 46.4 Å². The Morgan fingerprint density at radius 3 is 2.76 bits per heavy atom. The molecular weight excluding hydrogens is 370 g/mol. The van der Waals surface area contributed by atoms with Crippen LogP contribution in [0.15, 0.2) is 29.1 Å². The SMILES string of the molecule is CN(Cc1nc2ccccc2c(=O)[nH]1)C(=O)CCCNC(=O)NC1CCCCC1. The average molecular weight is 399 g/mol. The number of nitrogens with zero attached hydrogens (tertiary/aromatic N) is 2. The third-order valence-corrected chi connectivity index (χ3v) is 5.27. The Labute approximate surface area is 170 Å². The van der Waals surface area contributed by atoms with Gasteiger partial charge >= 0.3 is 6.03 Å². The van der Waals surface area contributed by atoms with E-state index in [4.69, 9.17) is 0 Å². The van der Waals surface area contributed by atoms with E-state index in [1.807, 2.05) is 6.07 Å². The molecule has 8 nitrogen and oxygen atoms in total. The zero-order chi connectivity index (χ0) is 20.6. The van der Waals surface area contributed by atoms with Gasteiger partial charge in [0.1, 0.15) is 5.82 Å². The van der Waals surface area contributed by atoms with E-state index < -0.39 is 0 Å². The van der Waals surface area contributed by atoms with Crippen molar-refractivity contribution < 1.29 is 9.59 Å². The van der Waals surface area contributed by atoms with Crippen molar-refractivity contribution in [1.82, 2.24) is 25.5 Å². The molecule has 1 aliphatic rings. The number of nitrogens with one attached hydrogen (secondary N) is 3. The molecule has 2 aromatic rings. The van der Waals surface area contributed by atoms with Crippen molar-refractivity contribution in [2.24, 2.45) is 0 Å². The first-order valence-corrected chi connectivity index (χ1v) is 10.3. The summed E-state index contributed by atoms with van der Waals surface area (Å²) in [5.74, 6) is 0.393. The Morgan fingerprint density at radius 2 is 1.97 bits per heavy atom. The van der Waals surface area contributed by atoms with Crippen LogP contribution in [0, 0.1) is 0 Å². The highest BCUT2D eigenvalue weighted by atomic mass is 16.2. The van der Waals surface area contributed by atoms with Crippen molar-refractivity contribution in [3.63, 3.8) is 0 Å². The topological polar surface area (TPSA) is 107 Å². The van der Waals surface area contributed by atoms with Crippen LogP contribution in [0.1, 0.15) is 50.8 Å². The van der Waals surface area contributed by atoms with Crippen molar-refractivity contribution in [2.45, 2.75) is 57.5 Å². The molecule has 1 aliphatic carbocycles. The third kappa shape index (κ3) is 6.04. The molecule has 29 heavy (non-hydrogen) atoms. The summed E-state index contributed by atoms with van der Waals surface area (Å²) in [7, 11) is 1.68. The second-order valence-electron chi connectivity index (χ2n) is 7.62. The molecule has 3 amide bonds. The predicted molar refractivity (Wildman–Crippen MR) is 111 cm³/mol. The van der Waals surface area contributed by atoms with Crippen molar-refractivity contribution >= 4 is 22.8 Å². The maximum absolute atomic E-state index is 12.3. The molecule has 8 heteroatoms. The normalized spacial score (nSPS) is 14.5. The maximum Gasteiger partial charge on any atom is 0.315 e. The van der Waals surface area contributed by atoms with Crippen LogP contribution in [-0.2, 0) is 11.3 Å². The average Bonchev–Trinajstić information content (AvgIpc) is 2.72. The molecule has 1 aromatic heterocycles. The first-order chi connectivity index (χ1) is 14.0. The van der Waals surface area contributed by atoms with Crippen LogP contribution in [0.5, 0.6) is 0 Å². The molecule has 0 radical (unpaired) electrons. The van der Waals surface area contributed by atoms with Gasteiger partial charge in [-0.1, -0.05) is 31.4 Å². The zero-order valence-electron chi connectivity index (χ0n) is 16.9. The van der Waals surface area contributed by atoms with E-state index >= 15 is 0 Å². The van der Waals surface area contributed by atoms with Crippen LogP contribution >= 0.6 is 0 Å². The number of rotatable bonds is 7. The minimum absolute atomic E-state index is 0.0599. The Morgan fingerprint density at radius 1 is 1.21 bits per heavy atom. The monoisotopic (exact) mass is 399 g/mol. The minimum atomic E-state index is -0.209. The Balaban J connectivity index is 1.40. The number of carbonyl (C=O) groups excluding carboxylic acids is 2. The highest BCUT2D eigenvalue weighted by molar-refractivity contribution is 5.78. The molecule has 0 unspecified atom stereocenters. The van der Waals surface area contributed by atoms with Gasteiger partial charge in [0.25, 0.3) is 5.56 Å². The minimum Gasteiger partial charge on any atom is -0.338 e. The molecule has 156 valence electrons. The second kappa shape index (κ2) is 10.0. The maximum atomic E-state index is 12.3. The summed E-state index contributed by atoms with van der Waals surface area (Å²) in [5.41, 5.74) is 0.403. The fourth-order valence-corrected chi connectivity index (χ4v) is 3.64. The lowest BCUT2D eigenvalue weighted by Crippen LogP contribution is -2.43. The Bertz CT molecular complexity index is 905. The van der Waals surface area contributed by atoms with Gasteiger partial charge in [0.2, 0.25) is 5.91 Å². The van der Waals surface area contributed by atoms with Crippen molar-refractivity contribution in [3.8, 4) is 0 Å². The Kier molecular flexibility index (Phi) is 7.21. The zero-order valence-corrected chi connectivity index (χ0v) is 16.9. The first-order valence-electron chi connectivity index (χ1n) is 10.3. The number of aromatic amines is 1. The molecule has 1 heterocycles. The molecule has 1 fully saturated rings. The lowest BCUT2D eigenvalue weighted by molar-refractivity contribution is -0.130. The molecule has 3 N–H and O–H groups in total. The number of benzene rings is 1. The smallest absolute Gasteiger partial charge is 0.315 e. The highest BCUT2D eigenvalue weighted by Gasteiger charge is 2.16. The fourth-order valence-electron chi connectivity index (χ4n) is 3.64. The first kappa shape index (κ1) is 20.8. The van der Waals surface area contributed by atoms with E-state index in [-0.39, 0.29) is 30.1 Å². The molecule has 1 saturated carbocycles. The van der Waals surface area contributed by atoms with E-state index in [2.05, 4.69) is 20.6 Å². The summed E-state index contributed by atoms with van der Waals surface area (Å²) in [4.78, 5) is 45.1. The number of fused-ring (bicyclic) bond motifs is 1. The molecule has 0 saturated heterocycles. The van der Waals surface area contributed by atoms with Gasteiger partial charge in [-0.05, 0) is 31.4 Å². The summed E-state index contributed by atoms with van der Waals surface area (Å²) in [6.07, 6.45) is 6.55. The largest absolute Gasteiger partial charge is 0.338 e. The number of carbonyl (C=O) groups is 2. The van der Waals surface area contributed by atoms with E-state index in [9.17, 15) is 14.4 Å². The summed E-state index contributed by atoms with van der Waals surface area (Å²) in [5, 5.41) is 6.35. The Hall–Kier alpha value is -2.90. The van der Waals surface area contributed by atoms with E-state index in [0.29, 0.717) is 36.1 Å². The molecule has 0 bridgehead atoms. The summed E-state index contributed by atoms with van der Waals surface area (Å²) < 4.78 is 0. The quantitative estimate of drug-likeness (QED) is 0.621. The van der Waals surface area contributed by atoms with Crippen LogP contribution in [0.25, 0.3) is 10.9 Å². The number of H-pyrrole nitrogens is 1. The number of aromatic nitrogens is 2. The molecule has 0 aliphatic heterocycles. The van der Waals surface area contributed by atoms with Gasteiger partial charge in [0, 0.05) is 26.1 Å². The van der Waals surface area contributed by atoms with Crippen molar-refractivity contribution in [1.29, 1.82) is 0 Å². The van der Waals surface area contributed by atoms with Crippen LogP contribution in [0.3, 0.4) is 0 Å². The molecular formula is C21H29N5O3. The van der Waals surface area contributed by atoms with Gasteiger partial charge in [0.05, 0.1) is 17.4 Å². The highest BCUT2D eigenvalue weighted by Crippen LogP contribution is 2.17. The van der Waals surface area contributed by atoms with Gasteiger partial charge in [-0.3, -0.25) is 9.59 Å². The van der Waals surface area contributed by atoms with E-state index in [1.54, 1.807) is 25.2 Å². The molecule has 1 aromatic carbocycles. The molecule has 0 spiro atoms. The summed E-state index contributed by atoms with van der Waals surface area (Å²) in [6.45, 7) is 0.678. The van der Waals surface area contributed by atoms with Crippen LogP contribution in [0.4, 0.5) is 4.79 Å². The molecule has 3 rings (SSSR count). The lowest BCUT2D eigenvalue weighted by atomic mass is 9.96. The molecule has 0 atom stereocenters. The number of hydrogen-bond donors (Lipinski definition) is 3. The number of amides is 3. The summed E-state index contributed by atoms with van der Waals surface area (Å²) in [6, 6.07) is 7.23. The number of hydrogen-bond acceptors (Lipinski definition) is 4. The van der Waals surface area contributed by atoms with Gasteiger partial charge < -0.3 is 20.5 Å². The van der Waals surface area contributed by atoms with Gasteiger partial charge in [0.15, 0.2) is 0 Å². The second-order valence-corrected chi connectivity index (χ2v) is 7.62. The van der Waals surface area contributed by atoms with Crippen molar-refractivity contribution in [2.75, 3.05) is 13.6 Å². The number of para-hydroxylation sites is 1. The van der Waals surface area contributed by atoms with Crippen LogP contribution in [0.2, 0.25) is 0 Å². The van der Waals surface area contributed by atoms with E-state index in [0.717, 1.165) is 12.8 Å². The van der Waals surface area contributed by atoms with Gasteiger partial charge in [-0.25, -0.2) is 9.78 Å². The van der Waals surface area contributed by atoms with Gasteiger partial charge in [-0.15, -0.1) is 0 Å². The lowest BCUT2D eigenvalue weighted by Gasteiger charge is -2.22. The van der Waals surface area contributed by atoms with Crippen molar-refractivity contribution in [3.05, 3.63) is 40.4 Å². The summed E-state index contributed by atoms with van der Waals surface area (Å²) >= 11 is 0.